The van der Waals surface area contributed by atoms with Gasteiger partial charge in [0.25, 0.3) is 11.8 Å². The fraction of sp³-hybridized carbons (Fsp3) is 0.316. The van der Waals surface area contributed by atoms with Gasteiger partial charge in [-0.2, -0.15) is 0 Å². The normalized spacial score (nSPS) is 14.8. The number of aliphatic hydroxyl groups excluding tert-OH is 2. The van der Waals surface area contributed by atoms with Gasteiger partial charge in [0.2, 0.25) is 0 Å². The molecule has 1 aliphatic carbocycles. The Bertz CT molecular complexity index is 1990. The Morgan fingerprint density at radius 2 is 1.24 bits per heavy atom. The number of hydrogen-bond acceptors (Lipinski definition) is 8. The molecule has 2 amide bonds. The van der Waals surface area contributed by atoms with E-state index in [1.165, 1.54) is 12.1 Å². The number of carbonyl (C=O) groups excluding carboxylic acids is 2. The van der Waals surface area contributed by atoms with Gasteiger partial charge in [-0.15, -0.1) is 0 Å². The van der Waals surface area contributed by atoms with Crippen molar-refractivity contribution in [2.75, 3.05) is 30.5 Å². The second kappa shape index (κ2) is 19.3. The molecule has 6 N–H and O–H groups in total. The molecule has 4 aromatic rings. The van der Waals surface area contributed by atoms with Gasteiger partial charge < -0.3 is 20.8 Å². The van der Waals surface area contributed by atoms with Gasteiger partial charge in [-0.1, -0.05) is 0 Å². The molecule has 54 heavy (non-hydrogen) atoms. The molecule has 2 atom stereocenters. The first-order valence-corrected chi connectivity index (χ1v) is 18.9. The van der Waals surface area contributed by atoms with Crippen LogP contribution < -0.4 is 21.6 Å². The Morgan fingerprint density at radius 1 is 0.759 bits per heavy atom. The minimum Gasteiger partial charge on any atom is -0.396 e. The topological polar surface area (TPSA) is 141 Å². The third-order valence-corrected chi connectivity index (χ3v) is 9.82. The van der Waals surface area contributed by atoms with Crippen LogP contribution in [0.5, 0.6) is 0 Å². The summed E-state index contributed by atoms with van der Waals surface area (Å²) in [5.74, 6) is -5.43. The number of aryl methyl sites for hydroxylation is 2. The van der Waals surface area contributed by atoms with Crippen molar-refractivity contribution in [3.8, 4) is 0 Å². The lowest BCUT2D eigenvalue weighted by Gasteiger charge is -2.24. The molecule has 0 radical (unpaired) electrons. The molecule has 0 saturated heterocycles. The zero-order valence-electron chi connectivity index (χ0n) is 29.8. The Labute approximate surface area is 337 Å². The maximum Gasteiger partial charge on any atom is 0.277 e. The molecule has 16 heteroatoms. The van der Waals surface area contributed by atoms with Crippen LogP contribution in [0.4, 0.5) is 40.3 Å². The van der Waals surface area contributed by atoms with Crippen molar-refractivity contribution in [1.82, 2.24) is 11.0 Å². The van der Waals surface area contributed by atoms with Crippen molar-refractivity contribution in [2.24, 2.45) is 11.8 Å². The molecule has 0 bridgehead atoms. The summed E-state index contributed by atoms with van der Waals surface area (Å²) < 4.78 is 58.3. The molecule has 0 aromatic heterocycles. The van der Waals surface area contributed by atoms with E-state index in [1.807, 2.05) is 38.1 Å². The Morgan fingerprint density at radius 3 is 1.67 bits per heavy atom. The van der Waals surface area contributed by atoms with Crippen molar-refractivity contribution in [1.29, 1.82) is 0 Å². The predicted molar refractivity (Wildman–Crippen MR) is 214 cm³/mol. The molecule has 1 saturated carbocycles. The second-order valence-corrected chi connectivity index (χ2v) is 15.7. The number of hydrogen-bond donors (Lipinski definition) is 6. The van der Waals surface area contributed by atoms with Crippen molar-refractivity contribution < 1.29 is 47.0 Å². The fourth-order valence-electron chi connectivity index (χ4n) is 5.10. The maximum atomic E-state index is 14.4. The lowest BCUT2D eigenvalue weighted by molar-refractivity contribution is -0.0805. The highest BCUT2D eigenvalue weighted by Crippen LogP contribution is 2.38. The third-order valence-electron chi connectivity index (χ3n) is 8.47. The number of hydroxylamine groups is 2. The summed E-state index contributed by atoms with van der Waals surface area (Å²) >= 11 is 4.30. The van der Waals surface area contributed by atoms with Gasteiger partial charge >= 0.3 is 0 Å². The summed E-state index contributed by atoms with van der Waals surface area (Å²) in [6.45, 7) is 7.26. The van der Waals surface area contributed by atoms with E-state index in [0.29, 0.717) is 11.4 Å². The first kappa shape index (κ1) is 43.2. The van der Waals surface area contributed by atoms with Crippen LogP contribution in [-0.2, 0) is 9.68 Å². The molecule has 1 fully saturated rings. The smallest absolute Gasteiger partial charge is 0.277 e. The van der Waals surface area contributed by atoms with Gasteiger partial charge in [-0.05, 0) is 163 Å². The van der Waals surface area contributed by atoms with E-state index >= 15 is 0 Å². The van der Waals surface area contributed by atoms with Crippen LogP contribution in [0.1, 0.15) is 58.5 Å². The standard InChI is InChI=1S/C19H19F2IN2O3.C19H21F2IN2O3/c1-10-6-13(22)2-5-16(10)23-18-14(3-4-15(20)17(18)21)19(26)24-27-9-12-7-11(12)8-25;1-11-10-12(22)4-7-15(11)23-17-13(5-6-14(20)16(17)21)18(26)24-27-19(2,3)8-9-25/h2-6,11-12,23,25H,7-9H2,1H3,(H,24,26);4-7,10,23,25H,8-9H2,1-3H3,(H,24,26). The minimum absolute atomic E-state index is 0.0682. The van der Waals surface area contributed by atoms with E-state index in [-0.39, 0.29) is 60.6 Å². The Balaban J connectivity index is 0.000000241. The van der Waals surface area contributed by atoms with E-state index in [1.54, 1.807) is 26.0 Å². The van der Waals surface area contributed by atoms with Crippen LogP contribution in [0.25, 0.3) is 0 Å². The number of halogens is 6. The van der Waals surface area contributed by atoms with E-state index in [4.69, 9.17) is 19.9 Å². The molecule has 4 aromatic carbocycles. The Hall–Kier alpha value is -3.56. The molecule has 5 rings (SSSR count). The molecule has 0 heterocycles. The summed E-state index contributed by atoms with van der Waals surface area (Å²) in [6.07, 6.45) is 1.13. The van der Waals surface area contributed by atoms with Crippen LogP contribution in [0.2, 0.25) is 0 Å². The van der Waals surface area contributed by atoms with Crippen LogP contribution in [0, 0.1) is 56.1 Å². The molecule has 290 valence electrons. The van der Waals surface area contributed by atoms with Crippen LogP contribution in [0.15, 0.2) is 60.7 Å². The highest BCUT2D eigenvalue weighted by molar-refractivity contribution is 14.1. The van der Waals surface area contributed by atoms with Crippen LogP contribution in [-0.4, -0.2) is 47.4 Å². The van der Waals surface area contributed by atoms with Gasteiger partial charge in [-0.25, -0.2) is 28.5 Å². The maximum absolute atomic E-state index is 14.4. The van der Waals surface area contributed by atoms with Gasteiger partial charge in [0.1, 0.15) is 0 Å². The zero-order chi connectivity index (χ0) is 39.7. The minimum atomic E-state index is -1.16. The van der Waals surface area contributed by atoms with Crippen molar-refractivity contribution >= 4 is 79.7 Å². The van der Waals surface area contributed by atoms with Crippen LogP contribution >= 0.6 is 45.2 Å². The SMILES string of the molecule is Cc1cc(I)ccc1Nc1c(C(=O)NOC(C)(C)CCO)ccc(F)c1F.Cc1cc(I)ccc1Nc1c(C(=O)NOCC2CC2CO)ccc(F)c1F. The Kier molecular flexibility index (Phi) is 15.5. The number of aliphatic hydroxyl groups is 2. The predicted octanol–water partition coefficient (Wildman–Crippen LogP) is 8.36. The first-order valence-electron chi connectivity index (χ1n) is 16.7. The molecule has 1 aliphatic rings. The number of rotatable bonds is 14. The average Bonchev–Trinajstić information content (AvgIpc) is 3.88. The van der Waals surface area contributed by atoms with Gasteiger partial charge in [0, 0.05) is 38.1 Å². The molecular formula is C38H40F4I2N4O6. The number of carbonyl (C=O) groups is 2. The zero-order valence-corrected chi connectivity index (χ0v) is 34.1. The summed E-state index contributed by atoms with van der Waals surface area (Å²) in [4.78, 5) is 35.3. The lowest BCUT2D eigenvalue weighted by Crippen LogP contribution is -2.36. The number of amides is 2. The number of anilines is 4. The molecular weight excluding hydrogens is 938 g/mol. The van der Waals surface area contributed by atoms with Crippen molar-refractivity contribution in [3.63, 3.8) is 0 Å². The fourth-order valence-corrected chi connectivity index (χ4v) is 6.39. The largest absolute Gasteiger partial charge is 0.396 e. The van der Waals surface area contributed by atoms with Gasteiger partial charge in [-0.3, -0.25) is 19.3 Å². The highest BCUT2D eigenvalue weighted by atomic mass is 127. The van der Waals surface area contributed by atoms with E-state index in [2.05, 4.69) is 66.8 Å². The quantitative estimate of drug-likeness (QED) is 0.0421. The van der Waals surface area contributed by atoms with Crippen molar-refractivity contribution in [2.45, 2.75) is 46.1 Å². The summed E-state index contributed by atoms with van der Waals surface area (Å²) in [6, 6.07) is 15.0. The van der Waals surface area contributed by atoms with Gasteiger partial charge in [0.05, 0.1) is 34.7 Å². The molecule has 0 aliphatic heterocycles. The summed E-state index contributed by atoms with van der Waals surface area (Å²) in [5.41, 5.74) is 5.75. The summed E-state index contributed by atoms with van der Waals surface area (Å²) in [5, 5.41) is 23.6. The average molecular weight is 979 g/mol. The number of nitrogens with one attached hydrogen (secondary N) is 4. The highest BCUT2D eigenvalue weighted by Gasteiger charge is 2.36. The lowest BCUT2D eigenvalue weighted by atomic mass is 10.1. The monoisotopic (exact) mass is 978 g/mol. The van der Waals surface area contributed by atoms with Crippen molar-refractivity contribution in [3.05, 3.63) is 113 Å². The van der Waals surface area contributed by atoms with Gasteiger partial charge in [0.15, 0.2) is 23.3 Å². The second-order valence-electron chi connectivity index (χ2n) is 13.2. The first-order chi connectivity index (χ1) is 25.5. The van der Waals surface area contributed by atoms with E-state index < -0.39 is 40.7 Å². The summed E-state index contributed by atoms with van der Waals surface area (Å²) in [7, 11) is 0. The van der Waals surface area contributed by atoms with E-state index in [0.717, 1.165) is 36.8 Å². The molecule has 10 nitrogen and oxygen atoms in total. The molecule has 2 unspecified atom stereocenters. The number of benzene rings is 4. The van der Waals surface area contributed by atoms with E-state index in [9.17, 15) is 27.2 Å². The molecule has 0 spiro atoms. The third kappa shape index (κ3) is 11.7. The van der Waals surface area contributed by atoms with Crippen LogP contribution in [0.3, 0.4) is 0 Å².